The standard InChI is InChI=1S/C9H17NO3S/c1-6(2)9(14-5,8(12)13-4)10-7(3)11/h6H,1-5H3,(H,10,11). The Balaban J connectivity index is 4.97. The van der Waals surface area contributed by atoms with Crippen molar-refractivity contribution in [3.8, 4) is 0 Å². The number of hydrogen-bond acceptors (Lipinski definition) is 4. The third-order valence-corrected chi connectivity index (χ3v) is 3.37. The summed E-state index contributed by atoms with van der Waals surface area (Å²) < 4.78 is 4.69. The van der Waals surface area contributed by atoms with Gasteiger partial charge in [-0.2, -0.15) is 0 Å². The fourth-order valence-corrected chi connectivity index (χ4v) is 2.18. The van der Waals surface area contributed by atoms with Gasteiger partial charge < -0.3 is 10.1 Å². The Bertz CT molecular complexity index is 230. The molecule has 0 saturated carbocycles. The molecule has 0 fully saturated rings. The van der Waals surface area contributed by atoms with Crippen molar-refractivity contribution in [2.45, 2.75) is 25.6 Å². The van der Waals surface area contributed by atoms with Crippen LogP contribution in [0.2, 0.25) is 0 Å². The van der Waals surface area contributed by atoms with E-state index >= 15 is 0 Å². The minimum Gasteiger partial charge on any atom is -0.467 e. The second-order valence-corrected chi connectivity index (χ2v) is 4.32. The number of rotatable bonds is 4. The molecule has 0 aliphatic rings. The summed E-state index contributed by atoms with van der Waals surface area (Å²) in [4.78, 5) is 21.6. The van der Waals surface area contributed by atoms with Gasteiger partial charge in [0.15, 0.2) is 4.87 Å². The number of thioether (sulfide) groups is 1. The first kappa shape index (κ1) is 13.3. The van der Waals surface area contributed by atoms with Crippen LogP contribution in [0.4, 0.5) is 0 Å². The van der Waals surface area contributed by atoms with Crippen LogP contribution in [0.3, 0.4) is 0 Å². The molecular weight excluding hydrogens is 202 g/mol. The minimum atomic E-state index is -0.972. The van der Waals surface area contributed by atoms with Crippen LogP contribution in [0.25, 0.3) is 0 Å². The highest BCUT2D eigenvalue weighted by atomic mass is 32.2. The lowest BCUT2D eigenvalue weighted by Crippen LogP contribution is -2.55. The molecule has 0 saturated heterocycles. The van der Waals surface area contributed by atoms with Crippen molar-refractivity contribution in [1.82, 2.24) is 5.32 Å². The topological polar surface area (TPSA) is 55.4 Å². The van der Waals surface area contributed by atoms with Crippen molar-refractivity contribution in [1.29, 1.82) is 0 Å². The van der Waals surface area contributed by atoms with Crippen LogP contribution in [0.15, 0.2) is 0 Å². The second kappa shape index (κ2) is 5.24. The second-order valence-electron chi connectivity index (χ2n) is 3.27. The monoisotopic (exact) mass is 219 g/mol. The lowest BCUT2D eigenvalue weighted by molar-refractivity contribution is -0.147. The van der Waals surface area contributed by atoms with E-state index in [9.17, 15) is 9.59 Å². The van der Waals surface area contributed by atoms with E-state index in [-0.39, 0.29) is 11.8 Å². The van der Waals surface area contributed by atoms with E-state index in [1.54, 1.807) is 6.26 Å². The van der Waals surface area contributed by atoms with Gasteiger partial charge in [0.2, 0.25) is 5.91 Å². The van der Waals surface area contributed by atoms with Crippen LogP contribution in [0, 0.1) is 5.92 Å². The van der Waals surface area contributed by atoms with Crippen molar-refractivity contribution in [2.24, 2.45) is 5.92 Å². The Morgan fingerprint density at radius 2 is 1.93 bits per heavy atom. The van der Waals surface area contributed by atoms with Gasteiger partial charge in [-0.1, -0.05) is 13.8 Å². The van der Waals surface area contributed by atoms with Crippen LogP contribution in [0.1, 0.15) is 20.8 Å². The van der Waals surface area contributed by atoms with Gasteiger partial charge in [0.25, 0.3) is 0 Å². The zero-order valence-corrected chi connectivity index (χ0v) is 10.0. The average Bonchev–Trinajstić information content (AvgIpc) is 2.12. The van der Waals surface area contributed by atoms with Gasteiger partial charge in [-0.15, -0.1) is 11.8 Å². The number of nitrogens with one attached hydrogen (secondary N) is 1. The molecule has 0 aromatic rings. The van der Waals surface area contributed by atoms with Gasteiger partial charge in [0.1, 0.15) is 0 Å². The first-order valence-electron chi connectivity index (χ1n) is 4.33. The Hall–Kier alpha value is -0.710. The molecule has 1 amide bonds. The number of hydrogen-bond donors (Lipinski definition) is 1. The van der Waals surface area contributed by atoms with Gasteiger partial charge in [0, 0.05) is 6.92 Å². The summed E-state index contributed by atoms with van der Waals surface area (Å²) in [5.74, 6) is -0.692. The summed E-state index contributed by atoms with van der Waals surface area (Å²) in [5.41, 5.74) is 0. The Labute approximate surface area is 88.8 Å². The molecule has 0 aliphatic carbocycles. The van der Waals surface area contributed by atoms with Crippen LogP contribution in [0.5, 0.6) is 0 Å². The van der Waals surface area contributed by atoms with Crippen LogP contribution in [-0.2, 0) is 14.3 Å². The Morgan fingerprint density at radius 3 is 2.14 bits per heavy atom. The number of esters is 1. The maximum absolute atomic E-state index is 11.6. The number of carbonyl (C=O) groups excluding carboxylic acids is 2. The molecule has 0 aromatic carbocycles. The van der Waals surface area contributed by atoms with Crippen LogP contribution < -0.4 is 5.32 Å². The molecule has 82 valence electrons. The van der Waals surface area contributed by atoms with Gasteiger partial charge in [0.05, 0.1) is 7.11 Å². The van der Waals surface area contributed by atoms with E-state index in [2.05, 4.69) is 5.32 Å². The van der Waals surface area contributed by atoms with E-state index in [1.807, 2.05) is 13.8 Å². The minimum absolute atomic E-state index is 0.0335. The predicted molar refractivity (Wildman–Crippen MR) is 56.9 cm³/mol. The summed E-state index contributed by atoms with van der Waals surface area (Å²) in [7, 11) is 1.32. The lowest BCUT2D eigenvalue weighted by atomic mass is 10.0. The van der Waals surface area contributed by atoms with Gasteiger partial charge in [-0.3, -0.25) is 4.79 Å². The quantitative estimate of drug-likeness (QED) is 0.566. The number of ether oxygens (including phenoxy) is 1. The Morgan fingerprint density at radius 1 is 1.43 bits per heavy atom. The van der Waals surface area contributed by atoms with Crippen LogP contribution in [-0.4, -0.2) is 30.1 Å². The zero-order valence-electron chi connectivity index (χ0n) is 9.21. The van der Waals surface area contributed by atoms with Gasteiger partial charge >= 0.3 is 5.97 Å². The molecule has 0 aliphatic heterocycles. The van der Waals surface area contributed by atoms with Crippen LogP contribution >= 0.6 is 11.8 Å². The number of methoxy groups -OCH3 is 1. The Kier molecular flexibility index (Phi) is 4.97. The third kappa shape index (κ3) is 2.64. The van der Waals surface area contributed by atoms with Crippen molar-refractivity contribution >= 4 is 23.6 Å². The van der Waals surface area contributed by atoms with Gasteiger partial charge in [-0.25, -0.2) is 4.79 Å². The fourth-order valence-electron chi connectivity index (χ4n) is 1.21. The lowest BCUT2D eigenvalue weighted by Gasteiger charge is -2.33. The molecule has 5 heteroatoms. The highest BCUT2D eigenvalue weighted by molar-refractivity contribution is 8.00. The van der Waals surface area contributed by atoms with E-state index in [1.165, 1.54) is 25.8 Å². The summed E-state index contributed by atoms with van der Waals surface area (Å²) >= 11 is 1.28. The number of amides is 1. The smallest absolute Gasteiger partial charge is 0.342 e. The largest absolute Gasteiger partial charge is 0.467 e. The fraction of sp³-hybridized carbons (Fsp3) is 0.778. The van der Waals surface area contributed by atoms with Crippen molar-refractivity contribution in [2.75, 3.05) is 13.4 Å². The maximum atomic E-state index is 11.6. The molecule has 1 unspecified atom stereocenters. The first-order valence-corrected chi connectivity index (χ1v) is 5.55. The van der Waals surface area contributed by atoms with E-state index in [0.29, 0.717) is 0 Å². The molecular formula is C9H17NO3S. The third-order valence-electron chi connectivity index (χ3n) is 1.99. The molecule has 0 bridgehead atoms. The molecule has 0 heterocycles. The molecule has 14 heavy (non-hydrogen) atoms. The van der Waals surface area contributed by atoms with Crippen molar-refractivity contribution in [3.63, 3.8) is 0 Å². The molecule has 0 rings (SSSR count). The maximum Gasteiger partial charge on any atom is 0.342 e. The van der Waals surface area contributed by atoms with E-state index < -0.39 is 10.8 Å². The van der Waals surface area contributed by atoms with E-state index in [0.717, 1.165) is 0 Å². The van der Waals surface area contributed by atoms with Crippen molar-refractivity contribution in [3.05, 3.63) is 0 Å². The predicted octanol–water partition coefficient (Wildman–Crippen LogP) is 1.01. The highest BCUT2D eigenvalue weighted by Gasteiger charge is 2.43. The van der Waals surface area contributed by atoms with E-state index in [4.69, 9.17) is 4.74 Å². The molecule has 0 aromatic heterocycles. The molecule has 0 spiro atoms. The number of carbonyl (C=O) groups is 2. The summed E-state index contributed by atoms with van der Waals surface area (Å²) in [6.07, 6.45) is 1.77. The van der Waals surface area contributed by atoms with Crippen molar-refractivity contribution < 1.29 is 14.3 Å². The molecule has 4 nitrogen and oxygen atoms in total. The first-order chi connectivity index (χ1) is 6.40. The molecule has 1 N–H and O–H groups in total. The normalized spacial score (nSPS) is 14.7. The summed E-state index contributed by atoms with van der Waals surface area (Å²) in [6.45, 7) is 5.11. The van der Waals surface area contributed by atoms with Gasteiger partial charge in [-0.05, 0) is 12.2 Å². The zero-order chi connectivity index (χ0) is 11.4. The summed E-state index contributed by atoms with van der Waals surface area (Å²) in [5, 5.41) is 2.64. The molecule has 0 radical (unpaired) electrons. The average molecular weight is 219 g/mol. The highest BCUT2D eigenvalue weighted by Crippen LogP contribution is 2.29. The SMILES string of the molecule is COC(=O)C(NC(C)=O)(SC)C(C)C. The molecule has 1 atom stereocenters. The summed E-state index contributed by atoms with van der Waals surface area (Å²) in [6, 6.07) is 0.